The molecule has 1 saturated heterocycles. The zero-order valence-corrected chi connectivity index (χ0v) is 19.0. The van der Waals surface area contributed by atoms with Crippen molar-refractivity contribution in [2.45, 2.75) is 76.9 Å². The van der Waals surface area contributed by atoms with Crippen LogP contribution in [0, 0.1) is 28.6 Å². The minimum absolute atomic E-state index is 0.0228. The minimum Gasteiger partial charge on any atom is -0.458 e. The predicted octanol–water partition coefficient (Wildman–Crippen LogP) is 2.87. The molecule has 9 atom stereocenters. The number of rotatable bonds is 4. The lowest BCUT2D eigenvalue weighted by Gasteiger charge is -2.56. The standard InChI is InChI=1S/C25H31FO6/c1-13-7-17-18-9-20(26)19-8-15(28)5-6-22(19,3)25(18)21(32-25)11-23(17,4)24(13,30)10-16(29)12-31-14(2)27/h5-6,8,13,17-18,20-21,30H,7,9-12H2,1-4H3/t13-,17?,18?,20-,21+,22-,23-,24+,25?/m0/s1. The maximum absolute atomic E-state index is 15.5. The molecule has 7 heteroatoms. The first-order chi connectivity index (χ1) is 14.9. The van der Waals surface area contributed by atoms with Crippen LogP contribution in [0.4, 0.5) is 4.39 Å². The summed E-state index contributed by atoms with van der Waals surface area (Å²) in [4.78, 5) is 35.7. The summed E-state index contributed by atoms with van der Waals surface area (Å²) in [6, 6.07) is 0. The Morgan fingerprint density at radius 2 is 2.00 bits per heavy atom. The van der Waals surface area contributed by atoms with E-state index in [4.69, 9.17) is 9.47 Å². The Morgan fingerprint density at radius 1 is 1.28 bits per heavy atom. The fourth-order valence-corrected chi connectivity index (χ4v) is 7.97. The number of hydrogen-bond acceptors (Lipinski definition) is 6. The van der Waals surface area contributed by atoms with E-state index in [9.17, 15) is 19.5 Å². The van der Waals surface area contributed by atoms with E-state index < -0.39 is 34.2 Å². The molecule has 6 nitrogen and oxygen atoms in total. The Kier molecular flexibility index (Phi) is 4.53. The van der Waals surface area contributed by atoms with Gasteiger partial charge in [0.1, 0.15) is 18.4 Å². The molecule has 5 rings (SSSR count). The summed E-state index contributed by atoms with van der Waals surface area (Å²) in [5, 5.41) is 11.9. The lowest BCUT2D eigenvalue weighted by atomic mass is 9.46. The van der Waals surface area contributed by atoms with Crippen LogP contribution in [0.25, 0.3) is 0 Å². The van der Waals surface area contributed by atoms with Crippen molar-refractivity contribution in [3.05, 3.63) is 23.8 Å². The normalized spacial score (nSPS) is 50.5. The van der Waals surface area contributed by atoms with Gasteiger partial charge in [-0.3, -0.25) is 14.4 Å². The van der Waals surface area contributed by atoms with E-state index >= 15 is 4.39 Å². The number of fused-ring (bicyclic) bond motifs is 3. The Hall–Kier alpha value is -1.86. The number of epoxide rings is 1. The summed E-state index contributed by atoms with van der Waals surface area (Å²) in [5.74, 6) is -1.35. The molecule has 0 aromatic rings. The highest BCUT2D eigenvalue weighted by Crippen LogP contribution is 2.76. The van der Waals surface area contributed by atoms with Crippen LogP contribution in [0.2, 0.25) is 0 Å². The van der Waals surface area contributed by atoms with Crippen molar-refractivity contribution in [1.82, 2.24) is 0 Å². The topological polar surface area (TPSA) is 93.2 Å². The number of hydrogen-bond donors (Lipinski definition) is 1. The van der Waals surface area contributed by atoms with Gasteiger partial charge in [0.2, 0.25) is 0 Å². The molecule has 0 aromatic heterocycles. The van der Waals surface area contributed by atoms with Gasteiger partial charge in [-0.2, -0.15) is 0 Å². The molecule has 0 aromatic carbocycles. The zero-order valence-electron chi connectivity index (χ0n) is 19.0. The van der Waals surface area contributed by atoms with Gasteiger partial charge in [0, 0.05) is 24.2 Å². The monoisotopic (exact) mass is 446 g/mol. The van der Waals surface area contributed by atoms with Crippen molar-refractivity contribution in [2.75, 3.05) is 6.61 Å². The SMILES string of the molecule is CC(=O)OCC(=O)C[C@@]1(O)[C@@H](C)CC2C3C[C@H](F)C4=CC(=O)C=C[C@]4(C)C34O[C@@H]4C[C@@]21C. The maximum atomic E-state index is 15.5. The molecular formula is C25H31FO6. The molecule has 1 spiro atoms. The van der Waals surface area contributed by atoms with Crippen LogP contribution < -0.4 is 0 Å². The number of carbonyl (C=O) groups excluding carboxylic acids is 3. The molecule has 4 fully saturated rings. The highest BCUT2D eigenvalue weighted by atomic mass is 19.1. The summed E-state index contributed by atoms with van der Waals surface area (Å²) >= 11 is 0. The van der Waals surface area contributed by atoms with E-state index in [1.54, 1.807) is 0 Å². The number of allylic oxidation sites excluding steroid dienone is 2. The second kappa shape index (κ2) is 6.60. The van der Waals surface area contributed by atoms with Gasteiger partial charge in [-0.15, -0.1) is 0 Å². The van der Waals surface area contributed by atoms with E-state index in [2.05, 4.69) is 0 Å². The average molecular weight is 447 g/mol. The van der Waals surface area contributed by atoms with Crippen LogP contribution in [0.1, 0.15) is 53.4 Å². The summed E-state index contributed by atoms with van der Waals surface area (Å²) in [5.41, 5.74) is -2.67. The van der Waals surface area contributed by atoms with Gasteiger partial charge in [0.05, 0.1) is 11.7 Å². The second-order valence-corrected chi connectivity index (χ2v) is 11.0. The first-order valence-electron chi connectivity index (χ1n) is 11.5. The molecule has 32 heavy (non-hydrogen) atoms. The van der Waals surface area contributed by atoms with Crippen LogP contribution in [-0.4, -0.2) is 52.7 Å². The summed E-state index contributed by atoms with van der Waals surface area (Å²) < 4.78 is 26.7. The van der Waals surface area contributed by atoms with Crippen molar-refractivity contribution in [3.63, 3.8) is 0 Å². The molecular weight excluding hydrogens is 415 g/mol. The quantitative estimate of drug-likeness (QED) is 0.527. The molecule has 0 bridgehead atoms. The number of ether oxygens (including phenoxy) is 2. The van der Waals surface area contributed by atoms with Crippen LogP contribution in [-0.2, 0) is 23.9 Å². The second-order valence-electron chi connectivity index (χ2n) is 11.0. The van der Waals surface area contributed by atoms with E-state index in [1.165, 1.54) is 19.1 Å². The highest BCUT2D eigenvalue weighted by Gasteiger charge is 2.82. The smallest absolute Gasteiger partial charge is 0.303 e. The summed E-state index contributed by atoms with van der Waals surface area (Å²) in [6.45, 7) is 6.82. The molecule has 1 heterocycles. The predicted molar refractivity (Wildman–Crippen MR) is 112 cm³/mol. The molecule has 1 aliphatic heterocycles. The Morgan fingerprint density at radius 3 is 2.69 bits per heavy atom. The number of aliphatic hydroxyl groups is 1. The third-order valence-electron chi connectivity index (χ3n) is 9.63. The fourth-order valence-electron chi connectivity index (χ4n) is 7.97. The van der Waals surface area contributed by atoms with Gasteiger partial charge in [-0.1, -0.05) is 19.9 Å². The number of carbonyl (C=O) groups is 3. The first-order valence-corrected chi connectivity index (χ1v) is 11.5. The third-order valence-corrected chi connectivity index (χ3v) is 9.63. The van der Waals surface area contributed by atoms with Gasteiger partial charge in [0.15, 0.2) is 11.6 Å². The first kappa shape index (κ1) is 22.0. The Balaban J connectivity index is 1.49. The molecule has 0 radical (unpaired) electrons. The summed E-state index contributed by atoms with van der Waals surface area (Å²) in [7, 11) is 0. The number of halogens is 1. The van der Waals surface area contributed by atoms with Gasteiger partial charge in [-0.25, -0.2) is 4.39 Å². The lowest BCUT2D eigenvalue weighted by molar-refractivity contribution is -0.155. The van der Waals surface area contributed by atoms with Gasteiger partial charge < -0.3 is 14.6 Å². The average Bonchev–Trinajstić information content (AvgIpc) is 3.40. The Labute approximate surface area is 187 Å². The van der Waals surface area contributed by atoms with Crippen molar-refractivity contribution >= 4 is 17.5 Å². The van der Waals surface area contributed by atoms with Gasteiger partial charge in [0.25, 0.3) is 0 Å². The van der Waals surface area contributed by atoms with E-state index in [-0.39, 0.29) is 54.9 Å². The Bertz CT molecular complexity index is 971. The van der Waals surface area contributed by atoms with E-state index in [0.717, 1.165) is 0 Å². The van der Waals surface area contributed by atoms with E-state index in [0.29, 0.717) is 18.4 Å². The number of alkyl halides is 1. The molecule has 3 saturated carbocycles. The highest BCUT2D eigenvalue weighted by molar-refractivity contribution is 6.01. The molecule has 1 N–H and O–H groups in total. The number of ketones is 2. The maximum Gasteiger partial charge on any atom is 0.303 e. The summed E-state index contributed by atoms with van der Waals surface area (Å²) in [6.07, 6.45) is 4.74. The largest absolute Gasteiger partial charge is 0.458 e. The van der Waals surface area contributed by atoms with Gasteiger partial charge in [-0.05, 0) is 61.7 Å². The molecule has 0 amide bonds. The number of Topliss-reactive ketones (excluding diaryl/α,β-unsaturated/α-hetero) is 1. The van der Waals surface area contributed by atoms with Crippen molar-refractivity contribution in [2.24, 2.45) is 28.6 Å². The van der Waals surface area contributed by atoms with Crippen molar-refractivity contribution in [3.8, 4) is 0 Å². The fraction of sp³-hybridized carbons (Fsp3) is 0.720. The molecule has 3 unspecified atom stereocenters. The number of esters is 1. The third kappa shape index (κ3) is 2.55. The molecule has 5 aliphatic rings. The van der Waals surface area contributed by atoms with Crippen LogP contribution in [0.15, 0.2) is 23.8 Å². The minimum atomic E-state index is -1.28. The zero-order chi connectivity index (χ0) is 23.3. The van der Waals surface area contributed by atoms with Crippen molar-refractivity contribution in [1.29, 1.82) is 0 Å². The van der Waals surface area contributed by atoms with Gasteiger partial charge >= 0.3 is 5.97 Å². The van der Waals surface area contributed by atoms with Crippen LogP contribution in [0.3, 0.4) is 0 Å². The van der Waals surface area contributed by atoms with Crippen LogP contribution >= 0.6 is 0 Å². The van der Waals surface area contributed by atoms with Crippen molar-refractivity contribution < 1.29 is 33.4 Å². The molecule has 4 aliphatic carbocycles. The molecule has 174 valence electrons. The van der Waals surface area contributed by atoms with E-state index in [1.807, 2.05) is 26.8 Å². The lowest BCUT2D eigenvalue weighted by Crippen LogP contribution is -2.61. The van der Waals surface area contributed by atoms with Crippen LogP contribution in [0.5, 0.6) is 0 Å².